The van der Waals surface area contributed by atoms with Crippen LogP contribution in [0.25, 0.3) is 10.2 Å². The van der Waals surface area contributed by atoms with Crippen LogP contribution in [0.1, 0.15) is 22.8 Å². The molecule has 0 saturated carbocycles. The van der Waals surface area contributed by atoms with Crippen molar-refractivity contribution in [1.29, 1.82) is 0 Å². The Morgan fingerprint density at radius 1 is 1.41 bits per heavy atom. The van der Waals surface area contributed by atoms with Gasteiger partial charge in [0, 0.05) is 16.1 Å². The van der Waals surface area contributed by atoms with Gasteiger partial charge in [-0.2, -0.15) is 0 Å². The molecule has 1 unspecified atom stereocenters. The molecule has 0 aliphatic carbocycles. The van der Waals surface area contributed by atoms with Gasteiger partial charge < -0.3 is 15.4 Å². The molecule has 1 aromatic carbocycles. The number of anilines is 1. The molecule has 0 fully saturated rings. The highest BCUT2D eigenvalue weighted by molar-refractivity contribution is 8.00. The molecule has 2 heterocycles. The zero-order valence-electron chi connectivity index (χ0n) is 14.2. The Balaban J connectivity index is 1.78. The summed E-state index contributed by atoms with van der Waals surface area (Å²) in [5.41, 5.74) is 0.856. The summed E-state index contributed by atoms with van der Waals surface area (Å²) < 4.78 is 0. The van der Waals surface area contributed by atoms with Crippen molar-refractivity contribution in [2.45, 2.75) is 24.3 Å². The van der Waals surface area contributed by atoms with Gasteiger partial charge in [0.2, 0.25) is 5.91 Å². The van der Waals surface area contributed by atoms with E-state index in [2.05, 4.69) is 15.3 Å². The monoisotopic (exact) mass is 423 g/mol. The molecule has 140 valence electrons. The number of aromatic amines is 1. The van der Waals surface area contributed by atoms with Gasteiger partial charge in [0.25, 0.3) is 5.56 Å². The van der Waals surface area contributed by atoms with Crippen LogP contribution in [0, 0.1) is 6.92 Å². The number of aromatic nitrogens is 2. The predicted molar refractivity (Wildman–Crippen MR) is 107 cm³/mol. The van der Waals surface area contributed by atoms with E-state index in [-0.39, 0.29) is 22.0 Å². The fourth-order valence-electron chi connectivity index (χ4n) is 2.28. The van der Waals surface area contributed by atoms with Gasteiger partial charge in [0.05, 0.1) is 16.2 Å². The number of carboxylic acids is 1. The molecule has 0 saturated heterocycles. The number of amides is 1. The second-order valence-electron chi connectivity index (χ2n) is 5.72. The van der Waals surface area contributed by atoms with Crippen LogP contribution in [0.3, 0.4) is 0 Å². The third-order valence-corrected chi connectivity index (χ3v) is 6.01. The van der Waals surface area contributed by atoms with E-state index in [1.807, 2.05) is 6.92 Å². The van der Waals surface area contributed by atoms with Crippen LogP contribution < -0.4 is 10.9 Å². The molecule has 0 aliphatic heterocycles. The summed E-state index contributed by atoms with van der Waals surface area (Å²) in [5.74, 6) is -1.46. The summed E-state index contributed by atoms with van der Waals surface area (Å²) in [6, 6.07) is 5.22. The predicted octanol–water partition coefficient (Wildman–Crippen LogP) is 3.76. The van der Waals surface area contributed by atoms with Crippen LogP contribution in [-0.2, 0) is 4.79 Å². The van der Waals surface area contributed by atoms with Crippen LogP contribution in [0.5, 0.6) is 0 Å². The minimum Gasteiger partial charge on any atom is -0.478 e. The number of halogens is 1. The maximum Gasteiger partial charge on any atom is 0.337 e. The van der Waals surface area contributed by atoms with E-state index < -0.39 is 16.8 Å². The number of rotatable bonds is 5. The number of benzene rings is 1. The van der Waals surface area contributed by atoms with E-state index in [0.717, 1.165) is 28.7 Å². The Labute approximate surface area is 166 Å². The topological polar surface area (TPSA) is 112 Å². The minimum absolute atomic E-state index is 0.0447. The Hall–Kier alpha value is -2.36. The lowest BCUT2D eigenvalue weighted by Crippen LogP contribution is -2.23. The van der Waals surface area contributed by atoms with E-state index in [4.69, 9.17) is 16.7 Å². The lowest BCUT2D eigenvalue weighted by molar-refractivity contribution is -0.115. The van der Waals surface area contributed by atoms with Gasteiger partial charge in [-0.1, -0.05) is 29.4 Å². The maximum atomic E-state index is 12.4. The van der Waals surface area contributed by atoms with Crippen LogP contribution in [0.4, 0.5) is 5.69 Å². The third-order valence-electron chi connectivity index (χ3n) is 3.75. The standard InChI is InChI=1S/C17H14ClN3O4S2/c1-7-3-4-9(5-11(7)18)19-13(22)8(2)27-17-20-14(23)12-10(16(24)25)6-26-15(12)21-17/h3-6,8H,1-2H3,(H,19,22)(H,24,25)(H,20,21,23). The molecule has 3 rings (SSSR count). The normalized spacial score (nSPS) is 12.1. The van der Waals surface area contributed by atoms with Crippen molar-refractivity contribution in [3.8, 4) is 0 Å². The average Bonchev–Trinajstić information content (AvgIpc) is 3.03. The number of thioether (sulfide) groups is 1. The van der Waals surface area contributed by atoms with Crippen LogP contribution in [0.2, 0.25) is 5.02 Å². The highest BCUT2D eigenvalue weighted by atomic mass is 35.5. The minimum atomic E-state index is -1.18. The van der Waals surface area contributed by atoms with Crippen molar-refractivity contribution in [1.82, 2.24) is 9.97 Å². The summed E-state index contributed by atoms with van der Waals surface area (Å²) in [4.78, 5) is 42.9. The van der Waals surface area contributed by atoms with E-state index in [1.54, 1.807) is 25.1 Å². The quantitative estimate of drug-likeness (QED) is 0.425. The molecule has 27 heavy (non-hydrogen) atoms. The van der Waals surface area contributed by atoms with Crippen molar-refractivity contribution in [3.63, 3.8) is 0 Å². The first-order valence-corrected chi connectivity index (χ1v) is 9.88. The zero-order valence-corrected chi connectivity index (χ0v) is 16.6. The fourth-order valence-corrected chi connectivity index (χ4v) is 4.23. The first kappa shape index (κ1) is 19.4. The summed E-state index contributed by atoms with van der Waals surface area (Å²) in [5, 5.41) is 13.5. The number of H-pyrrole nitrogens is 1. The Bertz CT molecular complexity index is 1110. The van der Waals surface area contributed by atoms with E-state index >= 15 is 0 Å². The number of hydrogen-bond donors (Lipinski definition) is 3. The number of hydrogen-bond acceptors (Lipinski definition) is 6. The highest BCUT2D eigenvalue weighted by Gasteiger charge is 2.20. The SMILES string of the molecule is Cc1ccc(NC(=O)C(C)Sc2nc3scc(C(=O)O)c3c(=O)[nH]2)cc1Cl. The number of aryl methyl sites for hydroxylation is 1. The molecule has 10 heteroatoms. The molecule has 1 atom stereocenters. The third kappa shape index (κ3) is 4.15. The summed E-state index contributed by atoms with van der Waals surface area (Å²) >= 11 is 8.20. The van der Waals surface area contributed by atoms with Crippen LogP contribution in [-0.4, -0.2) is 32.2 Å². The molecule has 1 amide bonds. The van der Waals surface area contributed by atoms with Gasteiger partial charge in [-0.3, -0.25) is 9.59 Å². The van der Waals surface area contributed by atoms with Gasteiger partial charge in [-0.15, -0.1) is 11.3 Å². The summed E-state index contributed by atoms with van der Waals surface area (Å²) in [7, 11) is 0. The van der Waals surface area contributed by atoms with Crippen molar-refractivity contribution in [2.75, 3.05) is 5.32 Å². The van der Waals surface area contributed by atoms with Crippen molar-refractivity contribution in [3.05, 3.63) is 50.1 Å². The number of nitrogens with zero attached hydrogens (tertiary/aromatic N) is 1. The number of carboxylic acid groups (broad SMARTS) is 1. The molecule has 3 N–H and O–H groups in total. The number of nitrogens with one attached hydrogen (secondary N) is 2. The second kappa shape index (κ2) is 7.71. The average molecular weight is 424 g/mol. The van der Waals surface area contributed by atoms with Crippen molar-refractivity contribution < 1.29 is 14.7 Å². The fraction of sp³-hybridized carbons (Fsp3) is 0.176. The molecule has 3 aromatic rings. The molecule has 0 aliphatic rings. The molecule has 0 radical (unpaired) electrons. The van der Waals surface area contributed by atoms with Crippen molar-refractivity contribution >= 4 is 62.5 Å². The first-order chi connectivity index (χ1) is 12.8. The number of carbonyl (C=O) groups excluding carboxylic acids is 1. The number of thiophene rings is 1. The second-order valence-corrected chi connectivity index (χ2v) is 8.31. The summed E-state index contributed by atoms with van der Waals surface area (Å²) in [6.07, 6.45) is 0. The van der Waals surface area contributed by atoms with Gasteiger partial charge in [0.1, 0.15) is 4.83 Å². The van der Waals surface area contributed by atoms with E-state index in [9.17, 15) is 14.4 Å². The van der Waals surface area contributed by atoms with E-state index in [0.29, 0.717) is 15.5 Å². The van der Waals surface area contributed by atoms with Crippen LogP contribution in [0.15, 0.2) is 33.5 Å². The Kier molecular flexibility index (Phi) is 5.54. The highest BCUT2D eigenvalue weighted by Crippen LogP contribution is 2.26. The molecule has 2 aromatic heterocycles. The Morgan fingerprint density at radius 3 is 2.81 bits per heavy atom. The maximum absolute atomic E-state index is 12.4. The van der Waals surface area contributed by atoms with Gasteiger partial charge >= 0.3 is 5.97 Å². The lowest BCUT2D eigenvalue weighted by Gasteiger charge is -2.12. The van der Waals surface area contributed by atoms with Crippen LogP contribution >= 0.6 is 34.7 Å². The van der Waals surface area contributed by atoms with Gasteiger partial charge in [0.15, 0.2) is 5.16 Å². The lowest BCUT2D eigenvalue weighted by atomic mass is 10.2. The molecule has 0 spiro atoms. The number of carbonyl (C=O) groups is 2. The largest absolute Gasteiger partial charge is 0.478 e. The number of aromatic carboxylic acids is 1. The first-order valence-electron chi connectivity index (χ1n) is 7.74. The van der Waals surface area contributed by atoms with E-state index in [1.165, 1.54) is 5.38 Å². The molecular formula is C17H14ClN3O4S2. The zero-order chi connectivity index (χ0) is 19.7. The summed E-state index contributed by atoms with van der Waals surface area (Å²) in [6.45, 7) is 3.54. The van der Waals surface area contributed by atoms with Crippen molar-refractivity contribution in [2.24, 2.45) is 0 Å². The number of fused-ring (bicyclic) bond motifs is 1. The smallest absolute Gasteiger partial charge is 0.337 e. The molecular weight excluding hydrogens is 410 g/mol. The van der Waals surface area contributed by atoms with Gasteiger partial charge in [-0.05, 0) is 31.5 Å². The van der Waals surface area contributed by atoms with Gasteiger partial charge in [-0.25, -0.2) is 9.78 Å². The Morgan fingerprint density at radius 2 is 2.15 bits per heavy atom. The molecule has 7 nitrogen and oxygen atoms in total. The molecule has 0 bridgehead atoms.